The van der Waals surface area contributed by atoms with Crippen LogP contribution in [0.1, 0.15) is 11.1 Å². The van der Waals surface area contributed by atoms with E-state index >= 15 is 0 Å². The molecular formula is C21H15BrO3. The molecule has 4 rings (SSSR count). The molecule has 0 fully saturated rings. The summed E-state index contributed by atoms with van der Waals surface area (Å²) in [7, 11) is 0. The minimum Gasteiger partial charge on any atom is -0.488 e. The van der Waals surface area contributed by atoms with Crippen LogP contribution in [0.15, 0.2) is 74.3 Å². The Morgan fingerprint density at radius 2 is 1.68 bits per heavy atom. The number of para-hydroxylation sites is 1. The van der Waals surface area contributed by atoms with Crippen LogP contribution < -0.4 is 10.2 Å². The van der Waals surface area contributed by atoms with Crippen LogP contribution in [0.4, 0.5) is 0 Å². The average Bonchev–Trinajstić information content (AvgIpc) is 2.64. The van der Waals surface area contributed by atoms with Gasteiger partial charge in [-0.25, -0.2) is 0 Å². The van der Waals surface area contributed by atoms with E-state index in [1.54, 1.807) is 12.1 Å². The lowest BCUT2D eigenvalue weighted by molar-refractivity contribution is 0.304. The molecule has 0 radical (unpaired) electrons. The van der Waals surface area contributed by atoms with E-state index in [0.29, 0.717) is 34.3 Å². The van der Waals surface area contributed by atoms with Gasteiger partial charge in [-0.15, -0.1) is 0 Å². The zero-order valence-corrected chi connectivity index (χ0v) is 15.2. The minimum atomic E-state index is -0.0322. The summed E-state index contributed by atoms with van der Waals surface area (Å²) in [6, 6.07) is 19.0. The van der Waals surface area contributed by atoms with E-state index in [1.165, 1.54) is 0 Å². The molecule has 3 nitrogen and oxygen atoms in total. The molecule has 25 heavy (non-hydrogen) atoms. The van der Waals surface area contributed by atoms with Crippen LogP contribution in [-0.4, -0.2) is 0 Å². The second-order valence-electron chi connectivity index (χ2n) is 5.89. The van der Waals surface area contributed by atoms with Gasteiger partial charge in [0.25, 0.3) is 0 Å². The summed E-state index contributed by atoms with van der Waals surface area (Å²) in [5.74, 6) is 0.714. The summed E-state index contributed by atoms with van der Waals surface area (Å²) in [6.45, 7) is 2.38. The van der Waals surface area contributed by atoms with Gasteiger partial charge >= 0.3 is 0 Å². The van der Waals surface area contributed by atoms with Crippen molar-refractivity contribution in [1.29, 1.82) is 0 Å². The van der Waals surface area contributed by atoms with E-state index in [-0.39, 0.29) is 5.43 Å². The molecule has 0 N–H and O–H groups in total. The van der Waals surface area contributed by atoms with E-state index in [2.05, 4.69) is 15.9 Å². The highest BCUT2D eigenvalue weighted by Crippen LogP contribution is 2.31. The molecule has 0 aliphatic rings. The van der Waals surface area contributed by atoms with Crippen molar-refractivity contribution in [1.82, 2.24) is 0 Å². The summed E-state index contributed by atoms with van der Waals surface area (Å²) in [5, 5.41) is 1.13. The third-order valence-electron chi connectivity index (χ3n) is 4.25. The van der Waals surface area contributed by atoms with Gasteiger partial charge in [0.1, 0.15) is 17.9 Å². The van der Waals surface area contributed by atoms with Gasteiger partial charge in [0, 0.05) is 5.56 Å². The average molecular weight is 395 g/mol. The van der Waals surface area contributed by atoms with Crippen molar-refractivity contribution in [3.05, 3.63) is 86.5 Å². The van der Waals surface area contributed by atoms with Crippen molar-refractivity contribution in [3.63, 3.8) is 0 Å². The van der Waals surface area contributed by atoms with Crippen molar-refractivity contribution in [2.45, 2.75) is 13.5 Å². The molecule has 4 aromatic rings. The van der Waals surface area contributed by atoms with Crippen LogP contribution >= 0.6 is 15.9 Å². The number of rotatable bonds is 3. The van der Waals surface area contributed by atoms with E-state index in [4.69, 9.17) is 9.15 Å². The Labute approximate surface area is 153 Å². The molecule has 1 heterocycles. The first-order chi connectivity index (χ1) is 12.1. The molecule has 3 aromatic carbocycles. The molecule has 0 atom stereocenters. The van der Waals surface area contributed by atoms with Crippen LogP contribution in [0.25, 0.3) is 21.9 Å². The van der Waals surface area contributed by atoms with Crippen LogP contribution in [0, 0.1) is 6.92 Å². The third-order valence-corrected chi connectivity index (χ3v) is 4.88. The fourth-order valence-corrected chi connectivity index (χ4v) is 3.36. The Hall–Kier alpha value is -2.59. The van der Waals surface area contributed by atoms with Gasteiger partial charge < -0.3 is 9.15 Å². The highest BCUT2D eigenvalue weighted by molar-refractivity contribution is 9.10. The minimum absolute atomic E-state index is 0.0322. The highest BCUT2D eigenvalue weighted by Gasteiger charge is 2.14. The van der Waals surface area contributed by atoms with E-state index in [9.17, 15) is 4.79 Å². The van der Waals surface area contributed by atoms with Gasteiger partial charge in [0.15, 0.2) is 5.58 Å². The quantitative estimate of drug-likeness (QED) is 0.424. The first-order valence-electron chi connectivity index (χ1n) is 7.96. The van der Waals surface area contributed by atoms with Gasteiger partial charge in [-0.05, 0) is 52.7 Å². The molecule has 0 unspecified atom stereocenters. The summed E-state index contributed by atoms with van der Waals surface area (Å²) < 4.78 is 12.8. The van der Waals surface area contributed by atoms with E-state index < -0.39 is 0 Å². The maximum Gasteiger partial charge on any atom is 0.200 e. The van der Waals surface area contributed by atoms with Gasteiger partial charge in [0.05, 0.1) is 15.2 Å². The zero-order chi connectivity index (χ0) is 17.4. The fraction of sp³-hybridized carbons (Fsp3) is 0.0952. The molecule has 1 aromatic heterocycles. The summed E-state index contributed by atoms with van der Waals surface area (Å²) in [5.41, 5.74) is 3.00. The Bertz CT molecular complexity index is 1130. The molecule has 0 spiro atoms. The van der Waals surface area contributed by atoms with Gasteiger partial charge in [-0.3, -0.25) is 4.79 Å². The molecule has 0 aliphatic heterocycles. The standard InChI is InChI=1S/C21H15BrO3/c1-13-18(24-12-14-6-3-2-4-7-14)11-10-16-19(23)15-8-5-9-17(22)21(15)25-20(13)16/h2-11H,12H2,1H3. The molecule has 0 saturated carbocycles. The van der Waals surface area contributed by atoms with Crippen LogP contribution in [0.3, 0.4) is 0 Å². The van der Waals surface area contributed by atoms with Crippen LogP contribution in [0.2, 0.25) is 0 Å². The lowest BCUT2D eigenvalue weighted by Crippen LogP contribution is -2.04. The summed E-state index contributed by atoms with van der Waals surface area (Å²) >= 11 is 3.46. The maximum atomic E-state index is 12.8. The number of ether oxygens (including phenoxy) is 1. The molecule has 0 bridgehead atoms. The van der Waals surface area contributed by atoms with Gasteiger partial charge in [-0.1, -0.05) is 36.4 Å². The van der Waals surface area contributed by atoms with Crippen LogP contribution in [-0.2, 0) is 6.61 Å². The van der Waals surface area contributed by atoms with E-state index in [1.807, 2.05) is 55.5 Å². The van der Waals surface area contributed by atoms with Gasteiger partial charge in [0.2, 0.25) is 5.43 Å². The number of hydrogen-bond donors (Lipinski definition) is 0. The third kappa shape index (κ3) is 2.83. The predicted molar refractivity (Wildman–Crippen MR) is 103 cm³/mol. The van der Waals surface area contributed by atoms with Crippen LogP contribution in [0.5, 0.6) is 5.75 Å². The topological polar surface area (TPSA) is 39.4 Å². The monoisotopic (exact) mass is 394 g/mol. The lowest BCUT2D eigenvalue weighted by Gasteiger charge is -2.11. The Morgan fingerprint density at radius 3 is 2.48 bits per heavy atom. The number of halogens is 1. The fourth-order valence-electron chi connectivity index (χ4n) is 2.91. The first-order valence-corrected chi connectivity index (χ1v) is 8.76. The van der Waals surface area contributed by atoms with Crippen molar-refractivity contribution in [3.8, 4) is 5.75 Å². The van der Waals surface area contributed by atoms with Gasteiger partial charge in [-0.2, -0.15) is 0 Å². The SMILES string of the molecule is Cc1c(OCc2ccccc2)ccc2c(=O)c3cccc(Br)c3oc12. The second-order valence-corrected chi connectivity index (χ2v) is 6.74. The second kappa shape index (κ2) is 6.37. The van der Waals surface area contributed by atoms with Crippen molar-refractivity contribution < 1.29 is 9.15 Å². The molecular weight excluding hydrogens is 380 g/mol. The number of aryl methyl sites for hydroxylation is 1. The lowest BCUT2D eigenvalue weighted by atomic mass is 10.1. The molecule has 0 saturated heterocycles. The number of fused-ring (bicyclic) bond motifs is 2. The predicted octanol–water partition coefficient (Wildman–Crippen LogP) is 5.60. The largest absolute Gasteiger partial charge is 0.488 e. The smallest absolute Gasteiger partial charge is 0.200 e. The molecule has 0 amide bonds. The van der Waals surface area contributed by atoms with Crippen molar-refractivity contribution in [2.24, 2.45) is 0 Å². The molecule has 124 valence electrons. The van der Waals surface area contributed by atoms with Crippen molar-refractivity contribution in [2.75, 3.05) is 0 Å². The zero-order valence-electron chi connectivity index (χ0n) is 13.6. The van der Waals surface area contributed by atoms with E-state index in [0.717, 1.165) is 15.6 Å². The Balaban J connectivity index is 1.83. The van der Waals surface area contributed by atoms with Crippen molar-refractivity contribution >= 4 is 37.9 Å². The summed E-state index contributed by atoms with van der Waals surface area (Å²) in [6.07, 6.45) is 0. The number of benzene rings is 3. The molecule has 4 heteroatoms. The maximum absolute atomic E-state index is 12.8. The Kier molecular flexibility index (Phi) is 4.06. The first kappa shape index (κ1) is 15.9. The number of hydrogen-bond acceptors (Lipinski definition) is 3. The summed E-state index contributed by atoms with van der Waals surface area (Å²) in [4.78, 5) is 12.8. The molecule has 0 aliphatic carbocycles. The highest BCUT2D eigenvalue weighted by atomic mass is 79.9. The Morgan fingerprint density at radius 1 is 0.920 bits per heavy atom. The normalized spacial score (nSPS) is 11.1.